The van der Waals surface area contributed by atoms with Crippen molar-refractivity contribution >= 4 is 35.5 Å². The number of rotatable bonds is 8. The molecule has 11 heteroatoms. The molecule has 3 unspecified atom stereocenters. The van der Waals surface area contributed by atoms with E-state index in [1.807, 2.05) is 6.07 Å². The predicted octanol–water partition coefficient (Wildman–Crippen LogP) is 1.14. The maximum atomic E-state index is 13.4. The summed E-state index contributed by atoms with van der Waals surface area (Å²) in [5, 5.41) is 27.2. The fourth-order valence-corrected chi connectivity index (χ4v) is 6.29. The summed E-state index contributed by atoms with van der Waals surface area (Å²) < 4.78 is -0.730. The largest absolute Gasteiger partial charge is 0.508 e. The molecule has 2 aromatic rings. The number of carbonyl (C=O) groups excluding carboxylic acids is 3. The molecule has 2 aromatic carbocycles. The van der Waals surface area contributed by atoms with Gasteiger partial charge >= 0.3 is 5.97 Å². The molecule has 5 N–H and O–H groups in total. The standard InChI is InChI=1S/C25H28N4O6S/c1-25(2)19(24(34)35)29-22(33)18(23(29)36-25)28-21(32)17(14-9-11-15(30)12-10-14)27-20(31)16(26-3)13-7-5-4-6-8-13/h4-12,16-19,23,26,30H,1-3H3,(H,27,31)(H,28,32)(H,34,35)/t16?,17?,18?,19-,23+/m0/s1. The van der Waals surface area contributed by atoms with E-state index in [9.17, 15) is 29.4 Å². The summed E-state index contributed by atoms with van der Waals surface area (Å²) in [6, 6.07) is 11.0. The molecule has 2 heterocycles. The number of fused-ring (bicyclic) bond motifs is 1. The number of β-lactam (4-membered cyclic amide) rings is 1. The Kier molecular flexibility index (Phi) is 6.96. The Morgan fingerprint density at radius 1 is 0.972 bits per heavy atom. The molecule has 3 amide bonds. The molecule has 0 bridgehead atoms. The lowest BCUT2D eigenvalue weighted by molar-refractivity contribution is -0.161. The zero-order chi connectivity index (χ0) is 26.2. The predicted molar refractivity (Wildman–Crippen MR) is 133 cm³/mol. The van der Waals surface area contributed by atoms with E-state index in [4.69, 9.17) is 0 Å². The van der Waals surface area contributed by atoms with Crippen molar-refractivity contribution in [3.05, 3.63) is 65.7 Å². The molecule has 10 nitrogen and oxygen atoms in total. The lowest BCUT2D eigenvalue weighted by Crippen LogP contribution is -2.71. The monoisotopic (exact) mass is 512 g/mol. The molecule has 0 aromatic heterocycles. The van der Waals surface area contributed by atoms with Crippen LogP contribution in [0, 0.1) is 0 Å². The van der Waals surface area contributed by atoms with Crippen LogP contribution in [-0.2, 0) is 19.2 Å². The van der Waals surface area contributed by atoms with Gasteiger partial charge in [-0.3, -0.25) is 14.4 Å². The fraction of sp³-hybridized carbons (Fsp3) is 0.360. The first-order chi connectivity index (χ1) is 17.0. The number of aliphatic carboxylic acids is 1. The molecule has 2 aliphatic heterocycles. The average molecular weight is 513 g/mol. The number of amides is 3. The number of phenols is 1. The number of benzene rings is 2. The average Bonchev–Trinajstić information content (AvgIpc) is 3.10. The molecule has 0 radical (unpaired) electrons. The Morgan fingerprint density at radius 3 is 2.17 bits per heavy atom. The van der Waals surface area contributed by atoms with Crippen LogP contribution in [0.3, 0.4) is 0 Å². The lowest BCUT2D eigenvalue weighted by atomic mass is 9.95. The van der Waals surface area contributed by atoms with E-state index in [0.717, 1.165) is 0 Å². The van der Waals surface area contributed by atoms with Gasteiger partial charge in [-0.25, -0.2) is 4.79 Å². The van der Waals surface area contributed by atoms with Gasteiger partial charge in [0.25, 0.3) is 0 Å². The second-order valence-corrected chi connectivity index (χ2v) is 11.0. The van der Waals surface area contributed by atoms with Gasteiger partial charge in [0.1, 0.15) is 35.3 Å². The van der Waals surface area contributed by atoms with E-state index in [1.54, 1.807) is 45.2 Å². The van der Waals surface area contributed by atoms with Gasteiger partial charge in [0.2, 0.25) is 17.7 Å². The Morgan fingerprint density at radius 2 is 1.58 bits per heavy atom. The van der Waals surface area contributed by atoms with Crippen LogP contribution in [-0.4, -0.2) is 68.1 Å². The first-order valence-electron chi connectivity index (χ1n) is 11.4. The molecule has 0 spiro atoms. The number of thioether (sulfide) groups is 1. The number of hydrogen-bond acceptors (Lipinski definition) is 7. The van der Waals surface area contributed by atoms with Crippen molar-refractivity contribution in [2.45, 2.75) is 48.1 Å². The molecule has 5 atom stereocenters. The number of phenolic OH excluding ortho intramolecular Hbond substituents is 1. The third-order valence-corrected chi connectivity index (χ3v) is 8.00. The summed E-state index contributed by atoms with van der Waals surface area (Å²) in [7, 11) is 1.63. The number of nitrogens with one attached hydrogen (secondary N) is 3. The second kappa shape index (κ2) is 9.82. The van der Waals surface area contributed by atoms with Crippen LogP contribution in [0.5, 0.6) is 5.75 Å². The first kappa shape index (κ1) is 25.5. The van der Waals surface area contributed by atoms with E-state index < -0.39 is 58.0 Å². The molecule has 0 aliphatic carbocycles. The zero-order valence-electron chi connectivity index (χ0n) is 20.0. The second-order valence-electron chi connectivity index (χ2n) is 9.25. The van der Waals surface area contributed by atoms with E-state index in [1.165, 1.54) is 40.9 Å². The Labute approximate surface area is 212 Å². The lowest BCUT2D eigenvalue weighted by Gasteiger charge is -2.44. The van der Waals surface area contributed by atoms with Crippen LogP contribution in [0.1, 0.15) is 37.1 Å². The highest BCUT2D eigenvalue weighted by molar-refractivity contribution is 8.01. The van der Waals surface area contributed by atoms with Crippen molar-refractivity contribution in [2.24, 2.45) is 0 Å². The number of likely N-dealkylation sites (N-methyl/N-ethyl adjacent to an activating group) is 1. The Bertz CT molecular complexity index is 1170. The minimum Gasteiger partial charge on any atom is -0.508 e. The summed E-state index contributed by atoms with van der Waals surface area (Å²) in [6.07, 6.45) is 0. The van der Waals surface area contributed by atoms with E-state index in [0.29, 0.717) is 11.1 Å². The number of aromatic hydroxyl groups is 1. The fourth-order valence-electron chi connectivity index (χ4n) is 4.67. The molecule has 36 heavy (non-hydrogen) atoms. The highest BCUT2D eigenvalue weighted by Gasteiger charge is 2.64. The molecule has 190 valence electrons. The third-order valence-electron chi connectivity index (χ3n) is 6.43. The van der Waals surface area contributed by atoms with E-state index >= 15 is 0 Å². The van der Waals surface area contributed by atoms with Crippen LogP contribution >= 0.6 is 11.8 Å². The van der Waals surface area contributed by atoms with Crippen LogP contribution in [0.4, 0.5) is 0 Å². The third kappa shape index (κ3) is 4.63. The summed E-state index contributed by atoms with van der Waals surface area (Å²) in [5.74, 6) is -2.66. The summed E-state index contributed by atoms with van der Waals surface area (Å²) >= 11 is 1.32. The highest BCUT2D eigenvalue weighted by atomic mass is 32.2. The minimum atomic E-state index is -1.16. The van der Waals surface area contributed by atoms with E-state index in [-0.39, 0.29) is 5.75 Å². The molecule has 2 fully saturated rings. The van der Waals surface area contributed by atoms with Gasteiger partial charge in [0.05, 0.1) is 0 Å². The normalized spacial score (nSPS) is 23.7. The van der Waals surface area contributed by atoms with Gasteiger partial charge in [0.15, 0.2) is 0 Å². The number of carbonyl (C=O) groups is 4. The summed E-state index contributed by atoms with van der Waals surface area (Å²) in [4.78, 5) is 52.5. The van der Waals surface area contributed by atoms with Crippen LogP contribution in [0.2, 0.25) is 0 Å². The van der Waals surface area contributed by atoms with Crippen molar-refractivity contribution in [3.8, 4) is 5.75 Å². The number of hydrogen-bond donors (Lipinski definition) is 5. The van der Waals surface area contributed by atoms with Crippen molar-refractivity contribution in [3.63, 3.8) is 0 Å². The van der Waals surface area contributed by atoms with Gasteiger partial charge in [-0.05, 0) is 44.2 Å². The molecule has 4 rings (SSSR count). The smallest absolute Gasteiger partial charge is 0.327 e. The van der Waals surface area contributed by atoms with Gasteiger partial charge in [0, 0.05) is 4.75 Å². The molecular formula is C25H28N4O6S. The van der Waals surface area contributed by atoms with Gasteiger partial charge in [-0.2, -0.15) is 0 Å². The van der Waals surface area contributed by atoms with E-state index in [2.05, 4.69) is 16.0 Å². The van der Waals surface area contributed by atoms with Gasteiger partial charge in [-0.1, -0.05) is 42.5 Å². The summed E-state index contributed by atoms with van der Waals surface area (Å²) in [5.41, 5.74) is 1.12. The number of carboxylic acid groups (broad SMARTS) is 1. The summed E-state index contributed by atoms with van der Waals surface area (Å²) in [6.45, 7) is 3.50. The highest BCUT2D eigenvalue weighted by Crippen LogP contribution is 2.50. The Balaban J connectivity index is 1.55. The van der Waals surface area contributed by atoms with Crippen molar-refractivity contribution in [1.29, 1.82) is 0 Å². The number of carboxylic acids is 1. The van der Waals surface area contributed by atoms with Crippen molar-refractivity contribution in [2.75, 3.05) is 7.05 Å². The van der Waals surface area contributed by atoms with Crippen LogP contribution < -0.4 is 16.0 Å². The maximum Gasteiger partial charge on any atom is 0.327 e. The minimum absolute atomic E-state index is 0.00395. The molecular weight excluding hydrogens is 484 g/mol. The molecule has 2 aliphatic rings. The van der Waals surface area contributed by atoms with Crippen molar-refractivity contribution in [1.82, 2.24) is 20.9 Å². The molecule has 0 saturated carbocycles. The quantitative estimate of drug-likeness (QED) is 0.331. The van der Waals surface area contributed by atoms with Gasteiger partial charge < -0.3 is 31.1 Å². The topological polar surface area (TPSA) is 148 Å². The molecule has 2 saturated heterocycles. The Hall–Kier alpha value is -3.57. The number of nitrogens with zero attached hydrogens (tertiary/aromatic N) is 1. The van der Waals surface area contributed by atoms with Crippen LogP contribution in [0.15, 0.2) is 54.6 Å². The maximum absolute atomic E-state index is 13.4. The SMILES string of the molecule is CNC(C(=O)NC(C(=O)NC1C(=O)N2[C@@H]1SC(C)(C)[C@@H]2C(=O)O)c1ccc(O)cc1)c1ccccc1. The first-order valence-corrected chi connectivity index (χ1v) is 12.3. The van der Waals surface area contributed by atoms with Crippen molar-refractivity contribution < 1.29 is 29.4 Å². The zero-order valence-corrected chi connectivity index (χ0v) is 20.8. The van der Waals surface area contributed by atoms with Gasteiger partial charge in [-0.15, -0.1) is 11.8 Å². The van der Waals surface area contributed by atoms with Crippen LogP contribution in [0.25, 0.3) is 0 Å².